The monoisotopic (exact) mass is 185 g/mol. The molecule has 3 heteroatoms. The van der Waals surface area contributed by atoms with Gasteiger partial charge in [0.25, 0.3) is 0 Å². The van der Waals surface area contributed by atoms with E-state index in [0.29, 0.717) is 6.61 Å². The van der Waals surface area contributed by atoms with Gasteiger partial charge in [-0.1, -0.05) is 20.3 Å². The highest BCUT2D eigenvalue weighted by molar-refractivity contribution is 5.77. The number of carbonyl (C=O) groups excluding carboxylic acids is 1. The molecule has 1 saturated heterocycles. The maximum Gasteiger partial charge on any atom is 0.248 e. The molecule has 76 valence electrons. The normalized spacial score (nSPS) is 20.0. The second kappa shape index (κ2) is 5.22. The minimum absolute atomic E-state index is 0.114. The topological polar surface area (TPSA) is 29.5 Å². The maximum absolute atomic E-state index is 11.7. The van der Waals surface area contributed by atoms with Gasteiger partial charge in [-0.3, -0.25) is 9.63 Å². The number of carbonyl (C=O) groups is 1. The quantitative estimate of drug-likeness (QED) is 0.672. The molecule has 0 aliphatic carbocycles. The van der Waals surface area contributed by atoms with E-state index in [-0.39, 0.29) is 11.8 Å². The van der Waals surface area contributed by atoms with Crippen molar-refractivity contribution in [1.82, 2.24) is 5.06 Å². The molecule has 1 atom stereocenters. The third kappa shape index (κ3) is 2.99. The Bertz CT molecular complexity index is 164. The summed E-state index contributed by atoms with van der Waals surface area (Å²) >= 11 is 0. The van der Waals surface area contributed by atoms with Crippen molar-refractivity contribution in [1.29, 1.82) is 0 Å². The van der Waals surface area contributed by atoms with Gasteiger partial charge in [0, 0.05) is 12.5 Å². The molecule has 3 nitrogen and oxygen atoms in total. The van der Waals surface area contributed by atoms with Gasteiger partial charge in [0.2, 0.25) is 5.91 Å². The van der Waals surface area contributed by atoms with Gasteiger partial charge >= 0.3 is 0 Å². The number of hydrogen-bond donors (Lipinski definition) is 0. The molecule has 1 amide bonds. The molecule has 1 fully saturated rings. The summed E-state index contributed by atoms with van der Waals surface area (Å²) in [7, 11) is 0. The summed E-state index contributed by atoms with van der Waals surface area (Å²) in [5.41, 5.74) is 0. The van der Waals surface area contributed by atoms with Gasteiger partial charge in [-0.25, -0.2) is 5.06 Å². The second-order valence-corrected chi connectivity index (χ2v) is 3.67. The van der Waals surface area contributed by atoms with Gasteiger partial charge in [0.1, 0.15) is 0 Å². The molecule has 0 spiro atoms. The van der Waals surface area contributed by atoms with Crippen LogP contribution in [0.5, 0.6) is 0 Å². The Morgan fingerprint density at radius 2 is 2.31 bits per heavy atom. The van der Waals surface area contributed by atoms with Crippen molar-refractivity contribution in [2.75, 3.05) is 13.2 Å². The molecule has 0 aromatic carbocycles. The first-order valence-corrected chi connectivity index (χ1v) is 5.20. The third-order valence-corrected chi connectivity index (χ3v) is 2.39. The molecule has 1 heterocycles. The number of amides is 1. The number of rotatable bonds is 3. The summed E-state index contributed by atoms with van der Waals surface area (Å²) in [6.07, 6.45) is 4.16. The maximum atomic E-state index is 11.7. The van der Waals surface area contributed by atoms with Crippen LogP contribution in [0, 0.1) is 5.92 Å². The van der Waals surface area contributed by atoms with Crippen LogP contribution in [-0.2, 0) is 9.63 Å². The fraction of sp³-hybridized carbons (Fsp3) is 0.900. The Kier molecular flexibility index (Phi) is 4.22. The van der Waals surface area contributed by atoms with Gasteiger partial charge < -0.3 is 0 Å². The van der Waals surface area contributed by atoms with E-state index in [0.717, 1.165) is 32.2 Å². The summed E-state index contributed by atoms with van der Waals surface area (Å²) in [5.74, 6) is 0.268. The van der Waals surface area contributed by atoms with Crippen LogP contribution < -0.4 is 0 Å². The summed E-state index contributed by atoms with van der Waals surface area (Å²) < 4.78 is 0. The van der Waals surface area contributed by atoms with E-state index in [9.17, 15) is 4.79 Å². The Balaban J connectivity index is 2.36. The molecule has 1 unspecified atom stereocenters. The average Bonchev–Trinajstić information content (AvgIpc) is 2.18. The molecule has 13 heavy (non-hydrogen) atoms. The summed E-state index contributed by atoms with van der Waals surface area (Å²) in [4.78, 5) is 17.0. The predicted molar refractivity (Wildman–Crippen MR) is 51.0 cm³/mol. The third-order valence-electron chi connectivity index (χ3n) is 2.39. The number of hydroxylamine groups is 2. The first-order chi connectivity index (χ1) is 6.25. The van der Waals surface area contributed by atoms with E-state index in [1.807, 2.05) is 6.92 Å². The molecule has 0 radical (unpaired) electrons. The molecule has 0 aromatic rings. The van der Waals surface area contributed by atoms with E-state index >= 15 is 0 Å². The van der Waals surface area contributed by atoms with Gasteiger partial charge in [0.05, 0.1) is 6.61 Å². The molecule has 0 N–H and O–H groups in total. The van der Waals surface area contributed by atoms with Gasteiger partial charge in [-0.2, -0.15) is 0 Å². The van der Waals surface area contributed by atoms with Crippen molar-refractivity contribution < 1.29 is 9.63 Å². The molecular weight excluding hydrogens is 166 g/mol. The predicted octanol–water partition coefficient (Wildman–Crippen LogP) is 1.98. The van der Waals surface area contributed by atoms with Crippen LogP contribution in [0.3, 0.4) is 0 Å². The van der Waals surface area contributed by atoms with Gasteiger partial charge in [-0.05, 0) is 19.3 Å². The standard InChI is InChI=1S/C10H19NO2/c1-3-6-9(2)10(12)11-7-4-5-8-13-11/h9H,3-8H2,1-2H3. The highest BCUT2D eigenvalue weighted by Crippen LogP contribution is 2.13. The molecular formula is C10H19NO2. The van der Waals surface area contributed by atoms with Crippen molar-refractivity contribution in [3.63, 3.8) is 0 Å². The van der Waals surface area contributed by atoms with Crippen molar-refractivity contribution >= 4 is 5.91 Å². The zero-order valence-corrected chi connectivity index (χ0v) is 8.58. The van der Waals surface area contributed by atoms with Gasteiger partial charge in [-0.15, -0.1) is 0 Å². The summed E-state index contributed by atoms with van der Waals surface area (Å²) in [5, 5.41) is 1.55. The molecule has 0 saturated carbocycles. The lowest BCUT2D eigenvalue weighted by Gasteiger charge is -2.28. The Labute approximate surface area is 80.0 Å². The molecule has 1 rings (SSSR count). The SMILES string of the molecule is CCCC(C)C(=O)N1CCCCO1. The van der Waals surface area contributed by atoms with Gasteiger partial charge in [0.15, 0.2) is 0 Å². The molecule has 0 bridgehead atoms. The van der Waals surface area contributed by atoms with E-state index < -0.39 is 0 Å². The van der Waals surface area contributed by atoms with Crippen molar-refractivity contribution in [2.45, 2.75) is 39.5 Å². The fourth-order valence-corrected chi connectivity index (χ4v) is 1.57. The van der Waals surface area contributed by atoms with Crippen LogP contribution in [0.2, 0.25) is 0 Å². The lowest BCUT2D eigenvalue weighted by atomic mass is 10.1. The smallest absolute Gasteiger partial charge is 0.248 e. The van der Waals surface area contributed by atoms with E-state index in [4.69, 9.17) is 4.84 Å². The minimum Gasteiger partial charge on any atom is -0.272 e. The summed E-state index contributed by atoms with van der Waals surface area (Å²) in [6, 6.07) is 0. The lowest BCUT2D eigenvalue weighted by Crippen LogP contribution is -2.38. The first-order valence-electron chi connectivity index (χ1n) is 5.20. The fourth-order valence-electron chi connectivity index (χ4n) is 1.57. The lowest BCUT2D eigenvalue weighted by molar-refractivity contribution is -0.200. The summed E-state index contributed by atoms with van der Waals surface area (Å²) in [6.45, 7) is 5.54. The van der Waals surface area contributed by atoms with Crippen LogP contribution in [0.1, 0.15) is 39.5 Å². The second-order valence-electron chi connectivity index (χ2n) is 3.67. The number of nitrogens with zero attached hydrogens (tertiary/aromatic N) is 1. The van der Waals surface area contributed by atoms with Crippen LogP contribution >= 0.6 is 0 Å². The van der Waals surface area contributed by atoms with Crippen LogP contribution in [0.25, 0.3) is 0 Å². The van der Waals surface area contributed by atoms with Crippen molar-refractivity contribution in [3.8, 4) is 0 Å². The average molecular weight is 185 g/mol. The van der Waals surface area contributed by atoms with Crippen LogP contribution in [-0.4, -0.2) is 24.1 Å². The molecule has 0 aromatic heterocycles. The largest absolute Gasteiger partial charge is 0.272 e. The molecule has 1 aliphatic heterocycles. The number of hydrogen-bond acceptors (Lipinski definition) is 2. The minimum atomic E-state index is 0.114. The highest BCUT2D eigenvalue weighted by atomic mass is 16.7. The van der Waals surface area contributed by atoms with Crippen molar-refractivity contribution in [2.24, 2.45) is 5.92 Å². The zero-order chi connectivity index (χ0) is 9.68. The zero-order valence-electron chi connectivity index (χ0n) is 8.58. The Hall–Kier alpha value is -0.570. The van der Waals surface area contributed by atoms with E-state index in [1.54, 1.807) is 5.06 Å². The van der Waals surface area contributed by atoms with Crippen molar-refractivity contribution in [3.05, 3.63) is 0 Å². The first kappa shape index (κ1) is 10.5. The van der Waals surface area contributed by atoms with Crippen LogP contribution in [0.15, 0.2) is 0 Å². The van der Waals surface area contributed by atoms with Crippen LogP contribution in [0.4, 0.5) is 0 Å². The Morgan fingerprint density at radius 3 is 2.85 bits per heavy atom. The Morgan fingerprint density at radius 1 is 1.54 bits per heavy atom. The van der Waals surface area contributed by atoms with E-state index in [2.05, 4.69) is 6.92 Å². The molecule has 1 aliphatic rings. The van der Waals surface area contributed by atoms with E-state index in [1.165, 1.54) is 0 Å². The highest BCUT2D eigenvalue weighted by Gasteiger charge is 2.22.